The Bertz CT molecular complexity index is 1160. The maximum atomic E-state index is 12.8. The first-order chi connectivity index (χ1) is 15.6. The van der Waals surface area contributed by atoms with Crippen molar-refractivity contribution in [2.75, 3.05) is 37.0 Å². The molecule has 0 bridgehead atoms. The zero-order chi connectivity index (χ0) is 22.5. The summed E-state index contributed by atoms with van der Waals surface area (Å²) in [6.07, 6.45) is 3.03. The molecule has 1 aromatic heterocycles. The molecule has 1 fully saturated rings. The maximum Gasteiger partial charge on any atom is 0.227 e. The Morgan fingerprint density at radius 3 is 2.75 bits per heavy atom. The second kappa shape index (κ2) is 9.56. The van der Waals surface area contributed by atoms with Gasteiger partial charge in [0.1, 0.15) is 17.6 Å². The fourth-order valence-electron chi connectivity index (χ4n) is 4.15. The number of anilines is 2. The van der Waals surface area contributed by atoms with Crippen molar-refractivity contribution in [2.24, 2.45) is 5.92 Å². The minimum atomic E-state index is -0.0879. The van der Waals surface area contributed by atoms with Gasteiger partial charge in [0.05, 0.1) is 30.5 Å². The number of pyridine rings is 1. The fourth-order valence-corrected chi connectivity index (χ4v) is 4.15. The molecule has 0 saturated carbocycles. The Balaban J connectivity index is 1.51. The van der Waals surface area contributed by atoms with E-state index in [1.54, 1.807) is 13.3 Å². The number of hydrogen-bond donors (Lipinski definition) is 1. The van der Waals surface area contributed by atoms with Crippen molar-refractivity contribution in [3.05, 3.63) is 54.2 Å². The van der Waals surface area contributed by atoms with Crippen LogP contribution in [-0.4, -0.2) is 37.7 Å². The van der Waals surface area contributed by atoms with Crippen molar-refractivity contribution in [3.8, 4) is 17.6 Å². The van der Waals surface area contributed by atoms with E-state index in [-0.39, 0.29) is 11.8 Å². The summed E-state index contributed by atoms with van der Waals surface area (Å²) in [4.78, 5) is 19.4. The first-order valence-electron chi connectivity index (χ1n) is 10.8. The van der Waals surface area contributed by atoms with Gasteiger partial charge in [0.25, 0.3) is 0 Å². The molecule has 0 aliphatic carbocycles. The predicted octanol–water partition coefficient (Wildman–Crippen LogP) is 4.37. The zero-order valence-electron chi connectivity index (χ0n) is 18.3. The number of benzene rings is 2. The number of carbonyl (C=O) groups excluding carboxylic acids is 1. The van der Waals surface area contributed by atoms with E-state index < -0.39 is 0 Å². The van der Waals surface area contributed by atoms with E-state index >= 15 is 0 Å². The van der Waals surface area contributed by atoms with E-state index in [9.17, 15) is 10.1 Å². The third-order valence-electron chi connectivity index (χ3n) is 5.76. The van der Waals surface area contributed by atoms with Crippen LogP contribution in [0.2, 0.25) is 0 Å². The monoisotopic (exact) mass is 430 g/mol. The molecular formula is C25H26N4O3. The third-order valence-corrected chi connectivity index (χ3v) is 5.76. The Morgan fingerprint density at radius 2 is 2.03 bits per heavy atom. The Labute approximate surface area is 187 Å². The number of rotatable bonds is 6. The maximum absolute atomic E-state index is 12.8. The molecule has 3 aromatic rings. The van der Waals surface area contributed by atoms with Crippen LogP contribution in [-0.2, 0) is 4.79 Å². The largest absolute Gasteiger partial charge is 0.497 e. The summed E-state index contributed by atoms with van der Waals surface area (Å²) >= 11 is 0. The standard InChI is InChI=1S/C25H26N4O3/c1-3-32-21-7-8-23-22(14-21)24(18(15-26)16-27-23)29-11-9-17(10-12-29)25(30)28-19-5-4-6-20(13-19)31-2/h4-8,13-14,16-17H,3,9-12H2,1-2H3,(H,28,30). The van der Waals surface area contributed by atoms with E-state index in [1.807, 2.05) is 49.4 Å². The molecule has 2 aromatic carbocycles. The second-order valence-corrected chi connectivity index (χ2v) is 7.73. The van der Waals surface area contributed by atoms with E-state index in [0.29, 0.717) is 43.9 Å². The molecular weight excluding hydrogens is 404 g/mol. The van der Waals surface area contributed by atoms with Crippen molar-refractivity contribution in [1.29, 1.82) is 5.26 Å². The summed E-state index contributed by atoms with van der Waals surface area (Å²) in [6, 6.07) is 15.4. The zero-order valence-corrected chi connectivity index (χ0v) is 18.3. The molecule has 164 valence electrons. The number of nitrogens with one attached hydrogen (secondary N) is 1. The molecule has 1 N–H and O–H groups in total. The third kappa shape index (κ3) is 4.45. The molecule has 1 amide bonds. The first-order valence-corrected chi connectivity index (χ1v) is 10.8. The molecule has 32 heavy (non-hydrogen) atoms. The highest BCUT2D eigenvalue weighted by molar-refractivity contribution is 5.96. The quantitative estimate of drug-likeness (QED) is 0.625. The number of fused-ring (bicyclic) bond motifs is 1. The highest BCUT2D eigenvalue weighted by atomic mass is 16.5. The lowest BCUT2D eigenvalue weighted by Crippen LogP contribution is -2.38. The SMILES string of the molecule is CCOc1ccc2ncc(C#N)c(N3CCC(C(=O)Nc4cccc(OC)c4)CC3)c2c1. The molecule has 7 nitrogen and oxygen atoms in total. The van der Waals surface area contributed by atoms with Gasteiger partial charge < -0.3 is 19.7 Å². The first kappa shape index (κ1) is 21.4. The van der Waals surface area contributed by atoms with Gasteiger partial charge in [-0.25, -0.2) is 0 Å². The van der Waals surface area contributed by atoms with Crippen molar-refractivity contribution >= 4 is 28.2 Å². The van der Waals surface area contributed by atoms with Crippen LogP contribution in [0.4, 0.5) is 11.4 Å². The van der Waals surface area contributed by atoms with Gasteiger partial charge >= 0.3 is 0 Å². The van der Waals surface area contributed by atoms with Crippen LogP contribution < -0.4 is 19.7 Å². The lowest BCUT2D eigenvalue weighted by Gasteiger charge is -2.34. The van der Waals surface area contributed by atoms with E-state index in [2.05, 4.69) is 21.3 Å². The predicted molar refractivity (Wildman–Crippen MR) is 124 cm³/mol. The van der Waals surface area contributed by atoms with Crippen molar-refractivity contribution < 1.29 is 14.3 Å². The smallest absolute Gasteiger partial charge is 0.227 e. The highest BCUT2D eigenvalue weighted by Gasteiger charge is 2.27. The molecule has 1 aliphatic heterocycles. The number of ether oxygens (including phenoxy) is 2. The summed E-state index contributed by atoms with van der Waals surface area (Å²) in [5, 5.41) is 13.6. The summed E-state index contributed by atoms with van der Waals surface area (Å²) in [5.41, 5.74) is 2.95. The van der Waals surface area contributed by atoms with Gasteiger partial charge in [-0.05, 0) is 50.1 Å². The van der Waals surface area contributed by atoms with Gasteiger partial charge in [0.2, 0.25) is 5.91 Å². The van der Waals surface area contributed by atoms with Gasteiger partial charge in [-0.1, -0.05) is 6.07 Å². The molecule has 0 radical (unpaired) electrons. The summed E-state index contributed by atoms with van der Waals surface area (Å²) in [6.45, 7) is 3.88. The van der Waals surface area contributed by atoms with Gasteiger partial charge in [0.15, 0.2) is 0 Å². The summed E-state index contributed by atoms with van der Waals surface area (Å²) < 4.78 is 10.9. The normalized spacial score (nSPS) is 14.1. The number of methoxy groups -OCH3 is 1. The molecule has 1 aliphatic rings. The number of nitrogens with zero attached hydrogens (tertiary/aromatic N) is 3. The Kier molecular flexibility index (Phi) is 6.41. The summed E-state index contributed by atoms with van der Waals surface area (Å²) in [7, 11) is 1.60. The van der Waals surface area contributed by atoms with Crippen LogP contribution in [0.5, 0.6) is 11.5 Å². The number of carbonyl (C=O) groups is 1. The second-order valence-electron chi connectivity index (χ2n) is 7.73. The molecule has 7 heteroatoms. The molecule has 1 saturated heterocycles. The summed E-state index contributed by atoms with van der Waals surface area (Å²) in [5.74, 6) is 1.38. The van der Waals surface area contributed by atoms with E-state index in [4.69, 9.17) is 9.47 Å². The van der Waals surface area contributed by atoms with Crippen LogP contribution in [0.1, 0.15) is 25.3 Å². The molecule has 0 spiro atoms. The number of nitriles is 1. The van der Waals surface area contributed by atoms with Gasteiger partial charge in [-0.15, -0.1) is 0 Å². The fraction of sp³-hybridized carbons (Fsp3) is 0.320. The van der Waals surface area contributed by atoms with Crippen LogP contribution >= 0.6 is 0 Å². The highest BCUT2D eigenvalue weighted by Crippen LogP contribution is 2.34. The minimum absolute atomic E-state index is 0.0108. The van der Waals surface area contributed by atoms with Crippen molar-refractivity contribution in [1.82, 2.24) is 4.98 Å². The molecule has 2 heterocycles. The van der Waals surface area contributed by atoms with E-state index in [0.717, 1.165) is 28.0 Å². The number of hydrogen-bond acceptors (Lipinski definition) is 6. The van der Waals surface area contributed by atoms with Crippen LogP contribution in [0.15, 0.2) is 48.7 Å². The van der Waals surface area contributed by atoms with Crippen LogP contribution in [0, 0.1) is 17.2 Å². The van der Waals surface area contributed by atoms with Crippen LogP contribution in [0.25, 0.3) is 10.9 Å². The topological polar surface area (TPSA) is 87.5 Å². The Morgan fingerprint density at radius 1 is 1.22 bits per heavy atom. The van der Waals surface area contributed by atoms with E-state index in [1.165, 1.54) is 0 Å². The Hall–Kier alpha value is -3.79. The lowest BCUT2D eigenvalue weighted by atomic mass is 9.94. The number of piperidine rings is 1. The number of amides is 1. The minimum Gasteiger partial charge on any atom is -0.497 e. The number of aromatic nitrogens is 1. The van der Waals surface area contributed by atoms with Gasteiger partial charge in [-0.3, -0.25) is 9.78 Å². The molecule has 4 rings (SSSR count). The van der Waals surface area contributed by atoms with Gasteiger partial charge in [-0.2, -0.15) is 5.26 Å². The molecule has 0 atom stereocenters. The average Bonchev–Trinajstić information content (AvgIpc) is 2.83. The van der Waals surface area contributed by atoms with Crippen molar-refractivity contribution in [3.63, 3.8) is 0 Å². The molecule has 0 unspecified atom stereocenters. The lowest BCUT2D eigenvalue weighted by molar-refractivity contribution is -0.120. The van der Waals surface area contributed by atoms with Gasteiger partial charge in [0, 0.05) is 42.3 Å². The van der Waals surface area contributed by atoms with Crippen LogP contribution in [0.3, 0.4) is 0 Å². The van der Waals surface area contributed by atoms with Crippen molar-refractivity contribution in [2.45, 2.75) is 19.8 Å². The average molecular weight is 431 g/mol.